The highest BCUT2D eigenvalue weighted by atomic mass is 16.3. The van der Waals surface area contributed by atoms with E-state index in [1.807, 2.05) is 0 Å². The highest BCUT2D eigenvalue weighted by Crippen LogP contribution is 2.28. The van der Waals surface area contributed by atoms with Gasteiger partial charge in [0.25, 0.3) is 0 Å². The van der Waals surface area contributed by atoms with Crippen molar-refractivity contribution in [1.82, 2.24) is 0 Å². The summed E-state index contributed by atoms with van der Waals surface area (Å²) < 4.78 is 0. The van der Waals surface area contributed by atoms with Gasteiger partial charge < -0.3 is 5.11 Å². The molecule has 1 nitrogen and oxygen atoms in total. The maximum absolute atomic E-state index is 10.2. The van der Waals surface area contributed by atoms with E-state index in [0.29, 0.717) is 5.92 Å². The normalized spacial score (nSPS) is 15.4. The Balaban J connectivity index is 3.04. The van der Waals surface area contributed by atoms with Crippen molar-refractivity contribution in [3.8, 4) is 0 Å². The second-order valence-electron chi connectivity index (χ2n) is 7.00. The summed E-state index contributed by atoms with van der Waals surface area (Å²) in [4.78, 5) is 0. The molecule has 0 aromatic heterocycles. The Morgan fingerprint density at radius 2 is 1.58 bits per heavy atom. The molecule has 0 saturated heterocycles. The molecule has 1 aromatic carbocycles. The molecule has 1 heteroatoms. The number of aliphatic hydroxyl groups is 1. The highest BCUT2D eigenvalue weighted by Gasteiger charge is 2.19. The molecule has 108 valence electrons. The van der Waals surface area contributed by atoms with Crippen LogP contribution in [-0.2, 0) is 11.8 Å². The molecule has 0 amide bonds. The lowest BCUT2D eigenvalue weighted by atomic mass is 9.82. The van der Waals surface area contributed by atoms with E-state index >= 15 is 0 Å². The first-order valence-electron chi connectivity index (χ1n) is 7.45. The molecule has 0 saturated carbocycles. The van der Waals surface area contributed by atoms with Gasteiger partial charge in [-0.25, -0.2) is 0 Å². The van der Waals surface area contributed by atoms with E-state index in [4.69, 9.17) is 0 Å². The van der Waals surface area contributed by atoms with Crippen LogP contribution in [0.1, 0.15) is 63.3 Å². The van der Waals surface area contributed by atoms with Crippen molar-refractivity contribution >= 4 is 0 Å². The molecule has 0 aliphatic heterocycles. The quantitative estimate of drug-likeness (QED) is 0.844. The second-order valence-corrected chi connectivity index (χ2v) is 7.00. The number of hydrogen-bond donors (Lipinski definition) is 1. The van der Waals surface area contributed by atoms with E-state index in [9.17, 15) is 5.11 Å². The second kappa shape index (κ2) is 6.09. The van der Waals surface area contributed by atoms with Gasteiger partial charge in [-0.2, -0.15) is 0 Å². The molecule has 19 heavy (non-hydrogen) atoms. The number of rotatable bonds is 4. The van der Waals surface area contributed by atoms with Crippen LogP contribution in [0.4, 0.5) is 0 Å². The Hall–Kier alpha value is -0.820. The summed E-state index contributed by atoms with van der Waals surface area (Å²) in [6, 6.07) is 4.57. The molecule has 0 aliphatic rings. The van der Waals surface area contributed by atoms with Crippen molar-refractivity contribution in [2.75, 3.05) is 0 Å². The van der Waals surface area contributed by atoms with Crippen molar-refractivity contribution in [1.29, 1.82) is 0 Å². The molecule has 1 rings (SSSR count). The summed E-state index contributed by atoms with van der Waals surface area (Å²) >= 11 is 0. The van der Waals surface area contributed by atoms with Gasteiger partial charge in [0.2, 0.25) is 0 Å². The van der Waals surface area contributed by atoms with E-state index < -0.39 is 0 Å². The number of aliphatic hydroxyl groups excluding tert-OH is 1. The van der Waals surface area contributed by atoms with Crippen molar-refractivity contribution < 1.29 is 5.11 Å². The SMILES string of the molecule is CCC(C)C(O)Cc1c(C)cc(C(C)(C)C)cc1C. The van der Waals surface area contributed by atoms with Gasteiger partial charge in [-0.15, -0.1) is 0 Å². The van der Waals surface area contributed by atoms with Gasteiger partial charge in [0.05, 0.1) is 6.10 Å². The predicted octanol–water partition coefficient (Wildman–Crippen LogP) is 4.55. The summed E-state index contributed by atoms with van der Waals surface area (Å²) in [6.45, 7) is 15.3. The van der Waals surface area contributed by atoms with Crippen LogP contribution < -0.4 is 0 Å². The number of hydrogen-bond acceptors (Lipinski definition) is 1. The third-order valence-electron chi connectivity index (χ3n) is 4.28. The number of aryl methyl sites for hydroxylation is 2. The summed E-state index contributed by atoms with van der Waals surface area (Å²) in [5, 5.41) is 10.2. The largest absolute Gasteiger partial charge is 0.393 e. The molecule has 0 spiro atoms. The van der Waals surface area contributed by atoms with Gasteiger partial charge in [0, 0.05) is 0 Å². The number of benzene rings is 1. The fraction of sp³-hybridized carbons (Fsp3) is 0.667. The Kier molecular flexibility index (Phi) is 5.20. The fourth-order valence-corrected chi connectivity index (χ4v) is 2.43. The third-order valence-corrected chi connectivity index (χ3v) is 4.28. The van der Waals surface area contributed by atoms with Crippen LogP contribution in [0.15, 0.2) is 12.1 Å². The molecule has 0 radical (unpaired) electrons. The molecule has 0 bridgehead atoms. The van der Waals surface area contributed by atoms with Crippen LogP contribution in [0.5, 0.6) is 0 Å². The molecule has 2 atom stereocenters. The Labute approximate surface area is 119 Å². The predicted molar refractivity (Wildman–Crippen MR) is 83.8 cm³/mol. The summed E-state index contributed by atoms with van der Waals surface area (Å²) in [5.41, 5.74) is 5.51. The molecule has 1 N–H and O–H groups in total. The summed E-state index contributed by atoms with van der Waals surface area (Å²) in [6.07, 6.45) is 1.57. The van der Waals surface area contributed by atoms with Crippen molar-refractivity contribution in [2.24, 2.45) is 5.92 Å². The lowest BCUT2D eigenvalue weighted by Crippen LogP contribution is -2.21. The molecular formula is C18H30O. The summed E-state index contributed by atoms with van der Waals surface area (Å²) in [7, 11) is 0. The van der Waals surface area contributed by atoms with Gasteiger partial charge in [0.1, 0.15) is 0 Å². The van der Waals surface area contributed by atoms with E-state index in [1.165, 1.54) is 22.3 Å². The average Bonchev–Trinajstić information content (AvgIpc) is 2.30. The molecule has 0 aliphatic carbocycles. The topological polar surface area (TPSA) is 20.2 Å². The van der Waals surface area contributed by atoms with E-state index in [-0.39, 0.29) is 11.5 Å². The first-order valence-corrected chi connectivity index (χ1v) is 7.45. The molecule has 1 aromatic rings. The maximum Gasteiger partial charge on any atom is 0.0606 e. The zero-order chi connectivity index (χ0) is 14.8. The molecule has 0 heterocycles. The Bertz CT molecular complexity index is 403. The van der Waals surface area contributed by atoms with E-state index in [2.05, 4.69) is 60.6 Å². The minimum atomic E-state index is -0.233. The van der Waals surface area contributed by atoms with Crippen molar-refractivity contribution in [3.05, 3.63) is 34.4 Å². The van der Waals surface area contributed by atoms with Crippen LogP contribution in [0.25, 0.3) is 0 Å². The van der Waals surface area contributed by atoms with Crippen molar-refractivity contribution in [3.63, 3.8) is 0 Å². The summed E-state index contributed by atoms with van der Waals surface area (Å²) in [5.74, 6) is 0.362. The van der Waals surface area contributed by atoms with E-state index in [0.717, 1.165) is 12.8 Å². The van der Waals surface area contributed by atoms with Crippen molar-refractivity contribution in [2.45, 2.75) is 72.8 Å². The standard InChI is InChI=1S/C18H30O/c1-8-12(2)17(19)11-16-13(3)9-15(10-14(16)4)18(5,6)7/h9-10,12,17,19H,8,11H2,1-7H3. The highest BCUT2D eigenvalue weighted by molar-refractivity contribution is 5.40. The average molecular weight is 262 g/mol. The fourth-order valence-electron chi connectivity index (χ4n) is 2.43. The van der Waals surface area contributed by atoms with Crippen LogP contribution in [-0.4, -0.2) is 11.2 Å². The molecule has 2 unspecified atom stereocenters. The van der Waals surface area contributed by atoms with E-state index in [1.54, 1.807) is 0 Å². The first-order chi connectivity index (χ1) is 8.66. The Morgan fingerprint density at radius 1 is 1.11 bits per heavy atom. The zero-order valence-corrected chi connectivity index (χ0v) is 13.7. The van der Waals surface area contributed by atoms with Gasteiger partial charge >= 0.3 is 0 Å². The first kappa shape index (κ1) is 16.2. The monoisotopic (exact) mass is 262 g/mol. The minimum absolute atomic E-state index is 0.184. The smallest absolute Gasteiger partial charge is 0.0606 e. The zero-order valence-electron chi connectivity index (χ0n) is 13.7. The van der Waals surface area contributed by atoms with Crippen LogP contribution >= 0.6 is 0 Å². The van der Waals surface area contributed by atoms with Gasteiger partial charge in [-0.05, 0) is 53.9 Å². The van der Waals surface area contributed by atoms with Gasteiger partial charge in [-0.1, -0.05) is 53.2 Å². The van der Waals surface area contributed by atoms with Crippen LogP contribution in [0.2, 0.25) is 0 Å². The molecule has 0 fully saturated rings. The lowest BCUT2D eigenvalue weighted by Gasteiger charge is -2.24. The van der Waals surface area contributed by atoms with Crippen LogP contribution in [0, 0.1) is 19.8 Å². The maximum atomic E-state index is 10.2. The van der Waals surface area contributed by atoms with Gasteiger partial charge in [-0.3, -0.25) is 0 Å². The minimum Gasteiger partial charge on any atom is -0.393 e. The third kappa shape index (κ3) is 4.07. The lowest BCUT2D eigenvalue weighted by molar-refractivity contribution is 0.114. The van der Waals surface area contributed by atoms with Crippen LogP contribution in [0.3, 0.4) is 0 Å². The van der Waals surface area contributed by atoms with Gasteiger partial charge in [0.15, 0.2) is 0 Å². The Morgan fingerprint density at radius 3 is 1.95 bits per heavy atom. The molecular weight excluding hydrogens is 232 g/mol.